The Kier molecular flexibility index (Phi) is 3.98. The fourth-order valence-electron chi connectivity index (χ4n) is 1.65. The largest absolute Gasteiger partial charge is 0.320 e. The van der Waals surface area contributed by atoms with Crippen molar-refractivity contribution in [3.05, 3.63) is 56.1 Å². The van der Waals surface area contributed by atoms with Crippen LogP contribution in [0.1, 0.15) is 15.4 Å². The van der Waals surface area contributed by atoms with Crippen LogP contribution in [-0.4, -0.2) is 11.1 Å². The van der Waals surface area contributed by atoms with E-state index < -0.39 is 0 Å². The molecule has 0 atom stereocenters. The maximum absolute atomic E-state index is 11.7. The van der Waals surface area contributed by atoms with Gasteiger partial charge in [0.25, 0.3) is 5.56 Å². The topological polar surface area (TPSA) is 48.0 Å². The van der Waals surface area contributed by atoms with E-state index in [1.807, 2.05) is 25.1 Å². The Morgan fingerprint density at radius 2 is 2.17 bits per heavy atom. The molecule has 0 aliphatic carbocycles. The minimum absolute atomic E-state index is 0.0259. The van der Waals surface area contributed by atoms with Gasteiger partial charge in [-0.3, -0.25) is 4.79 Å². The molecule has 2 N–H and O–H groups in total. The van der Waals surface area contributed by atoms with Crippen molar-refractivity contribution in [1.29, 1.82) is 0 Å². The van der Waals surface area contributed by atoms with Crippen molar-refractivity contribution in [3.8, 4) is 11.8 Å². The van der Waals surface area contributed by atoms with Crippen LogP contribution in [0, 0.1) is 18.8 Å². The minimum atomic E-state index is 0.0259. The summed E-state index contributed by atoms with van der Waals surface area (Å²) in [7, 11) is 0. The maximum Gasteiger partial charge on any atom is 0.251 e. The molecule has 0 amide bonds. The Balaban J connectivity index is 2.24. The fourth-order valence-corrected chi connectivity index (χ4v) is 2.52. The lowest BCUT2D eigenvalue weighted by Crippen LogP contribution is -2.20. The van der Waals surface area contributed by atoms with Crippen LogP contribution in [0.2, 0.25) is 0 Å². The second-order valence-corrected chi connectivity index (χ2v) is 5.03. The standard InChI is InChI=1S/C14H14N2OS/c1-11-4-2-6-14(17)16(11)10-13-8-7-12(18-13)5-3-9-15/h2,4,6-8H,9-10,15H2,1H3. The van der Waals surface area contributed by atoms with Gasteiger partial charge in [0.05, 0.1) is 18.0 Å². The van der Waals surface area contributed by atoms with E-state index in [0.29, 0.717) is 13.1 Å². The molecule has 0 saturated heterocycles. The fraction of sp³-hybridized carbons (Fsp3) is 0.214. The van der Waals surface area contributed by atoms with Gasteiger partial charge in [0.2, 0.25) is 0 Å². The summed E-state index contributed by atoms with van der Waals surface area (Å²) in [6, 6.07) is 9.26. The third-order valence-corrected chi connectivity index (χ3v) is 3.54. The molecule has 0 radical (unpaired) electrons. The van der Waals surface area contributed by atoms with Crippen molar-refractivity contribution in [3.63, 3.8) is 0 Å². The van der Waals surface area contributed by atoms with Crippen molar-refractivity contribution in [2.45, 2.75) is 13.5 Å². The first kappa shape index (κ1) is 12.6. The van der Waals surface area contributed by atoms with Crippen LogP contribution in [0.25, 0.3) is 0 Å². The lowest BCUT2D eigenvalue weighted by molar-refractivity contribution is 0.739. The van der Waals surface area contributed by atoms with Gasteiger partial charge in [-0.25, -0.2) is 0 Å². The van der Waals surface area contributed by atoms with Gasteiger partial charge in [0, 0.05) is 16.6 Å². The van der Waals surface area contributed by atoms with Crippen LogP contribution in [0.4, 0.5) is 0 Å². The molecule has 4 heteroatoms. The lowest BCUT2D eigenvalue weighted by atomic mass is 10.3. The Morgan fingerprint density at radius 1 is 1.33 bits per heavy atom. The van der Waals surface area contributed by atoms with E-state index in [0.717, 1.165) is 15.4 Å². The Morgan fingerprint density at radius 3 is 2.89 bits per heavy atom. The van der Waals surface area contributed by atoms with Gasteiger partial charge in [-0.2, -0.15) is 0 Å². The molecule has 0 aromatic carbocycles. The number of nitrogens with two attached hydrogens (primary N) is 1. The monoisotopic (exact) mass is 258 g/mol. The summed E-state index contributed by atoms with van der Waals surface area (Å²) < 4.78 is 1.76. The zero-order valence-corrected chi connectivity index (χ0v) is 11.0. The Labute approximate surface area is 110 Å². The van der Waals surface area contributed by atoms with Crippen LogP contribution < -0.4 is 11.3 Å². The first-order valence-corrected chi connectivity index (χ1v) is 6.46. The van der Waals surface area contributed by atoms with Crippen molar-refractivity contribution >= 4 is 11.3 Å². The highest BCUT2D eigenvalue weighted by Gasteiger charge is 2.03. The first-order chi connectivity index (χ1) is 8.70. The van der Waals surface area contributed by atoms with Gasteiger partial charge in [-0.1, -0.05) is 17.9 Å². The molecule has 2 aromatic rings. The van der Waals surface area contributed by atoms with Gasteiger partial charge >= 0.3 is 0 Å². The summed E-state index contributed by atoms with van der Waals surface area (Å²) in [6.45, 7) is 2.90. The molecule has 0 unspecified atom stereocenters. The van der Waals surface area contributed by atoms with E-state index in [4.69, 9.17) is 5.73 Å². The molecule has 92 valence electrons. The van der Waals surface area contributed by atoms with E-state index >= 15 is 0 Å². The van der Waals surface area contributed by atoms with Crippen LogP contribution in [0.5, 0.6) is 0 Å². The molecule has 0 aliphatic heterocycles. The molecule has 0 spiro atoms. The van der Waals surface area contributed by atoms with E-state index in [1.165, 1.54) is 0 Å². The summed E-state index contributed by atoms with van der Waals surface area (Å²) >= 11 is 1.60. The van der Waals surface area contributed by atoms with Crippen LogP contribution in [-0.2, 0) is 6.54 Å². The molecule has 18 heavy (non-hydrogen) atoms. The van der Waals surface area contributed by atoms with Crippen molar-refractivity contribution in [2.24, 2.45) is 5.73 Å². The highest BCUT2D eigenvalue weighted by Crippen LogP contribution is 2.16. The summed E-state index contributed by atoms with van der Waals surface area (Å²) in [5.74, 6) is 5.82. The summed E-state index contributed by atoms with van der Waals surface area (Å²) in [4.78, 5) is 13.8. The highest BCUT2D eigenvalue weighted by molar-refractivity contribution is 7.12. The normalized spacial score (nSPS) is 9.89. The molecule has 3 nitrogen and oxygen atoms in total. The maximum atomic E-state index is 11.7. The zero-order chi connectivity index (χ0) is 13.0. The third-order valence-electron chi connectivity index (χ3n) is 2.56. The number of rotatable bonds is 2. The predicted molar refractivity (Wildman–Crippen MR) is 74.8 cm³/mol. The zero-order valence-electron chi connectivity index (χ0n) is 10.1. The second-order valence-electron chi connectivity index (χ2n) is 3.86. The summed E-state index contributed by atoms with van der Waals surface area (Å²) in [5.41, 5.74) is 6.32. The Bertz CT molecular complexity index is 658. The summed E-state index contributed by atoms with van der Waals surface area (Å²) in [6.07, 6.45) is 0. The molecule has 2 heterocycles. The van der Waals surface area contributed by atoms with E-state index in [1.54, 1.807) is 28.0 Å². The molecule has 2 rings (SSSR count). The van der Waals surface area contributed by atoms with Gasteiger partial charge in [-0.15, -0.1) is 11.3 Å². The number of hydrogen-bond donors (Lipinski definition) is 1. The number of nitrogens with zero attached hydrogens (tertiary/aromatic N) is 1. The van der Waals surface area contributed by atoms with Gasteiger partial charge in [-0.05, 0) is 25.1 Å². The summed E-state index contributed by atoms with van der Waals surface area (Å²) in [5, 5.41) is 0. The van der Waals surface area contributed by atoms with E-state index in [9.17, 15) is 4.79 Å². The van der Waals surface area contributed by atoms with Crippen molar-refractivity contribution < 1.29 is 0 Å². The number of thiophene rings is 1. The van der Waals surface area contributed by atoms with Gasteiger partial charge in [0.1, 0.15) is 0 Å². The van der Waals surface area contributed by atoms with Gasteiger partial charge in [0.15, 0.2) is 0 Å². The van der Waals surface area contributed by atoms with Crippen LogP contribution >= 0.6 is 11.3 Å². The lowest BCUT2D eigenvalue weighted by Gasteiger charge is -2.06. The molecular weight excluding hydrogens is 244 g/mol. The van der Waals surface area contributed by atoms with Crippen molar-refractivity contribution in [2.75, 3.05) is 6.54 Å². The number of pyridine rings is 1. The van der Waals surface area contributed by atoms with Gasteiger partial charge < -0.3 is 10.3 Å². The number of aromatic nitrogens is 1. The molecule has 2 aromatic heterocycles. The van der Waals surface area contributed by atoms with Crippen LogP contribution in [0.3, 0.4) is 0 Å². The average molecular weight is 258 g/mol. The molecule has 0 fully saturated rings. The van der Waals surface area contributed by atoms with E-state index in [2.05, 4.69) is 11.8 Å². The predicted octanol–water partition coefficient (Wildman–Crippen LogP) is 1.58. The van der Waals surface area contributed by atoms with Crippen molar-refractivity contribution in [1.82, 2.24) is 4.57 Å². The highest BCUT2D eigenvalue weighted by atomic mass is 32.1. The average Bonchev–Trinajstić information content (AvgIpc) is 2.79. The van der Waals surface area contributed by atoms with E-state index in [-0.39, 0.29) is 5.56 Å². The minimum Gasteiger partial charge on any atom is -0.320 e. The number of hydrogen-bond acceptors (Lipinski definition) is 3. The molecule has 0 bridgehead atoms. The Hall–Kier alpha value is -1.83. The molecule has 0 saturated carbocycles. The molecular formula is C14H14N2OS. The number of aryl methyl sites for hydroxylation is 1. The SMILES string of the molecule is Cc1cccc(=O)n1Cc1ccc(C#CCN)s1. The molecule has 0 aliphatic rings. The smallest absolute Gasteiger partial charge is 0.251 e. The first-order valence-electron chi connectivity index (χ1n) is 5.65. The second kappa shape index (κ2) is 5.67. The quantitative estimate of drug-likeness (QED) is 0.831. The third kappa shape index (κ3) is 2.89. The van der Waals surface area contributed by atoms with Crippen LogP contribution in [0.15, 0.2) is 35.1 Å².